The second-order valence-corrected chi connectivity index (χ2v) is 6.60. The summed E-state index contributed by atoms with van der Waals surface area (Å²) < 4.78 is 0. The van der Waals surface area contributed by atoms with Crippen LogP contribution in [0.4, 0.5) is 0 Å². The largest absolute Gasteiger partial charge is 0.315 e. The fourth-order valence-corrected chi connectivity index (χ4v) is 5.13. The molecule has 2 nitrogen and oxygen atoms in total. The molecule has 2 bridgehead atoms. The third-order valence-electron chi connectivity index (χ3n) is 6.02. The summed E-state index contributed by atoms with van der Waals surface area (Å²) >= 11 is 0. The molecule has 2 saturated heterocycles. The molecule has 5 aliphatic rings. The van der Waals surface area contributed by atoms with Crippen LogP contribution < -0.4 is 5.32 Å². The smallest absolute Gasteiger partial charge is 0.0232 e. The summed E-state index contributed by atoms with van der Waals surface area (Å²) in [7, 11) is 0. The molecule has 3 atom stereocenters. The minimum Gasteiger partial charge on any atom is -0.315 e. The van der Waals surface area contributed by atoms with Crippen LogP contribution in [0.5, 0.6) is 0 Å². The zero-order valence-corrected chi connectivity index (χ0v) is 10.2. The van der Waals surface area contributed by atoms with Gasteiger partial charge in [0.15, 0.2) is 0 Å². The molecule has 3 aliphatic carbocycles. The van der Waals surface area contributed by atoms with Gasteiger partial charge < -0.3 is 5.32 Å². The fraction of sp³-hybridized carbons (Fsp3) is 1.00. The second kappa shape index (κ2) is 3.71. The molecule has 0 radical (unpaired) electrons. The molecule has 0 amide bonds. The van der Waals surface area contributed by atoms with Gasteiger partial charge >= 0.3 is 0 Å². The van der Waals surface area contributed by atoms with Crippen LogP contribution in [-0.2, 0) is 0 Å². The average Bonchev–Trinajstić information content (AvgIpc) is 3.00. The lowest BCUT2D eigenvalue weighted by Crippen LogP contribution is -2.38. The van der Waals surface area contributed by atoms with E-state index in [0.29, 0.717) is 0 Å². The first-order valence-corrected chi connectivity index (χ1v) is 7.36. The topological polar surface area (TPSA) is 15.3 Å². The van der Waals surface area contributed by atoms with Gasteiger partial charge in [-0.15, -0.1) is 0 Å². The van der Waals surface area contributed by atoms with E-state index in [1.807, 2.05) is 0 Å². The zero-order valence-electron chi connectivity index (χ0n) is 10.2. The Morgan fingerprint density at radius 3 is 1.94 bits per heavy atom. The van der Waals surface area contributed by atoms with Crippen molar-refractivity contribution in [1.29, 1.82) is 0 Å². The van der Waals surface area contributed by atoms with Gasteiger partial charge in [0.05, 0.1) is 0 Å². The predicted octanol–water partition coefficient (Wildman–Crippen LogP) is 1.72. The normalized spacial score (nSPS) is 52.1. The molecular formula is C14H24N2. The van der Waals surface area contributed by atoms with Crippen LogP contribution in [-0.4, -0.2) is 37.1 Å². The van der Waals surface area contributed by atoms with Gasteiger partial charge in [-0.2, -0.15) is 0 Å². The van der Waals surface area contributed by atoms with Crippen LogP contribution in [0.15, 0.2) is 0 Å². The van der Waals surface area contributed by atoms with E-state index in [4.69, 9.17) is 0 Å². The van der Waals surface area contributed by atoms with E-state index in [9.17, 15) is 0 Å². The molecule has 90 valence electrons. The molecule has 2 heterocycles. The highest BCUT2D eigenvalue weighted by molar-refractivity contribution is 5.01. The van der Waals surface area contributed by atoms with Gasteiger partial charge in [0.25, 0.3) is 0 Å². The first-order valence-electron chi connectivity index (χ1n) is 7.36. The highest BCUT2D eigenvalue weighted by atomic mass is 15.2. The van der Waals surface area contributed by atoms with Gasteiger partial charge in [-0.05, 0) is 62.3 Å². The summed E-state index contributed by atoms with van der Waals surface area (Å²) in [6.07, 6.45) is 7.63. The first kappa shape index (κ1) is 9.90. The van der Waals surface area contributed by atoms with Gasteiger partial charge in [0.1, 0.15) is 0 Å². The lowest BCUT2D eigenvalue weighted by Gasteiger charge is -2.45. The SMILES string of the molecule is C1C[C@@H](N2C[C@@H]3C4CCC(CC4)[C@@H]3C2)CN1. The van der Waals surface area contributed by atoms with Crippen molar-refractivity contribution in [1.82, 2.24) is 10.2 Å². The maximum atomic E-state index is 3.53. The average molecular weight is 220 g/mol. The molecule has 1 N–H and O–H groups in total. The molecule has 0 aromatic heterocycles. The van der Waals surface area contributed by atoms with Crippen molar-refractivity contribution in [2.45, 2.75) is 38.1 Å². The van der Waals surface area contributed by atoms with E-state index >= 15 is 0 Å². The number of likely N-dealkylation sites (tertiary alicyclic amines) is 1. The Morgan fingerprint density at radius 2 is 1.44 bits per heavy atom. The molecule has 3 saturated carbocycles. The molecule has 2 aliphatic heterocycles. The van der Waals surface area contributed by atoms with E-state index in [-0.39, 0.29) is 0 Å². The second-order valence-electron chi connectivity index (χ2n) is 6.60. The van der Waals surface area contributed by atoms with Gasteiger partial charge in [-0.3, -0.25) is 4.90 Å². The van der Waals surface area contributed by atoms with E-state index in [1.54, 1.807) is 25.7 Å². The van der Waals surface area contributed by atoms with E-state index in [2.05, 4.69) is 10.2 Å². The van der Waals surface area contributed by atoms with Crippen LogP contribution in [0.3, 0.4) is 0 Å². The van der Waals surface area contributed by atoms with Crippen molar-refractivity contribution in [3.63, 3.8) is 0 Å². The van der Waals surface area contributed by atoms with Crippen LogP contribution >= 0.6 is 0 Å². The Balaban J connectivity index is 1.51. The van der Waals surface area contributed by atoms with E-state index in [1.165, 1.54) is 32.6 Å². The summed E-state index contributed by atoms with van der Waals surface area (Å²) in [5.41, 5.74) is 0. The summed E-state index contributed by atoms with van der Waals surface area (Å²) in [5, 5.41) is 3.53. The number of hydrogen-bond donors (Lipinski definition) is 1. The summed E-state index contributed by atoms with van der Waals surface area (Å²) in [6, 6.07) is 0.880. The predicted molar refractivity (Wildman–Crippen MR) is 65.3 cm³/mol. The van der Waals surface area contributed by atoms with Crippen LogP contribution in [0.25, 0.3) is 0 Å². The summed E-state index contributed by atoms with van der Waals surface area (Å²) in [6.45, 7) is 5.40. The minimum absolute atomic E-state index is 0.880. The number of fused-ring (bicyclic) bond motifs is 2. The van der Waals surface area contributed by atoms with Crippen LogP contribution in [0, 0.1) is 23.7 Å². The lowest BCUT2D eigenvalue weighted by atomic mass is 9.60. The van der Waals surface area contributed by atoms with Crippen LogP contribution in [0.1, 0.15) is 32.1 Å². The first-order chi connectivity index (χ1) is 7.92. The lowest BCUT2D eigenvalue weighted by molar-refractivity contribution is 0.0577. The molecule has 0 aromatic rings. The Morgan fingerprint density at radius 1 is 0.812 bits per heavy atom. The number of rotatable bonds is 1. The molecule has 5 fully saturated rings. The molecule has 16 heavy (non-hydrogen) atoms. The van der Waals surface area contributed by atoms with Crippen molar-refractivity contribution < 1.29 is 0 Å². The quantitative estimate of drug-likeness (QED) is 0.724. The van der Waals surface area contributed by atoms with Gasteiger partial charge in [0.2, 0.25) is 0 Å². The maximum absolute atomic E-state index is 3.53. The van der Waals surface area contributed by atoms with E-state index in [0.717, 1.165) is 29.7 Å². The molecular weight excluding hydrogens is 196 g/mol. The third kappa shape index (κ3) is 1.39. The molecule has 0 aromatic carbocycles. The monoisotopic (exact) mass is 220 g/mol. The zero-order chi connectivity index (χ0) is 10.5. The number of hydrogen-bond acceptors (Lipinski definition) is 2. The molecule has 5 rings (SSSR count). The highest BCUT2D eigenvalue weighted by Gasteiger charge is 2.49. The number of nitrogens with one attached hydrogen (secondary N) is 1. The summed E-state index contributed by atoms with van der Waals surface area (Å²) in [4.78, 5) is 2.84. The van der Waals surface area contributed by atoms with Crippen molar-refractivity contribution in [3.8, 4) is 0 Å². The van der Waals surface area contributed by atoms with Crippen molar-refractivity contribution in [3.05, 3.63) is 0 Å². The van der Waals surface area contributed by atoms with Gasteiger partial charge in [0, 0.05) is 25.7 Å². The Hall–Kier alpha value is -0.0800. The van der Waals surface area contributed by atoms with E-state index < -0.39 is 0 Å². The summed E-state index contributed by atoms with van der Waals surface area (Å²) in [5.74, 6) is 4.39. The Labute approximate surface area is 98.8 Å². The maximum Gasteiger partial charge on any atom is 0.0232 e. The van der Waals surface area contributed by atoms with Crippen molar-refractivity contribution in [2.75, 3.05) is 26.2 Å². The van der Waals surface area contributed by atoms with Crippen LogP contribution in [0.2, 0.25) is 0 Å². The van der Waals surface area contributed by atoms with Crippen molar-refractivity contribution >= 4 is 0 Å². The van der Waals surface area contributed by atoms with Gasteiger partial charge in [-0.1, -0.05) is 0 Å². The molecule has 0 spiro atoms. The molecule has 0 unspecified atom stereocenters. The van der Waals surface area contributed by atoms with Crippen molar-refractivity contribution in [2.24, 2.45) is 23.7 Å². The standard InChI is InChI=1S/C14H24N2/c1-2-11-4-3-10(1)13-8-16(9-14(11)13)12-5-6-15-7-12/h10-15H,1-9H2/t10?,11?,12-,13-,14+/m1/s1. The Bertz CT molecular complexity index is 244. The third-order valence-corrected chi connectivity index (χ3v) is 6.02. The number of nitrogens with zero attached hydrogens (tertiary/aromatic N) is 1. The minimum atomic E-state index is 0.880. The highest BCUT2D eigenvalue weighted by Crippen LogP contribution is 2.52. The Kier molecular flexibility index (Phi) is 2.29. The fourth-order valence-electron chi connectivity index (χ4n) is 5.13. The van der Waals surface area contributed by atoms with Gasteiger partial charge in [-0.25, -0.2) is 0 Å². The molecule has 2 heteroatoms.